The number of nitrogens with one attached hydrogen (secondary N) is 3. The second kappa shape index (κ2) is 10.2. The van der Waals surface area contributed by atoms with Gasteiger partial charge in [0.2, 0.25) is 11.0 Å². The Morgan fingerprint density at radius 2 is 2.15 bits per heavy atom. The van der Waals surface area contributed by atoms with Gasteiger partial charge in [-0.3, -0.25) is 4.79 Å². The Kier molecular flexibility index (Phi) is 7.62. The summed E-state index contributed by atoms with van der Waals surface area (Å²) in [5.74, 6) is 0.412. The highest BCUT2D eigenvalue weighted by Gasteiger charge is 2.09. The summed E-state index contributed by atoms with van der Waals surface area (Å²) in [6, 6.07) is 0. The molecule has 0 aliphatic heterocycles. The number of nitrogens with zero attached hydrogens (tertiary/aromatic N) is 3. The van der Waals surface area contributed by atoms with Gasteiger partial charge in [-0.2, -0.15) is 0 Å². The molecule has 0 radical (unpaired) electrons. The molecule has 0 saturated heterocycles. The van der Waals surface area contributed by atoms with Gasteiger partial charge in [0.05, 0.1) is 24.3 Å². The van der Waals surface area contributed by atoms with E-state index in [9.17, 15) is 4.79 Å². The molecule has 0 aromatic carbocycles. The second-order valence-corrected chi connectivity index (χ2v) is 6.67. The summed E-state index contributed by atoms with van der Waals surface area (Å²) >= 11 is 1.39. The molecule has 2 aromatic rings. The zero-order valence-corrected chi connectivity index (χ0v) is 15.5. The van der Waals surface area contributed by atoms with Crippen molar-refractivity contribution in [3.8, 4) is 0 Å². The molecule has 0 atom stereocenters. The molecule has 2 heterocycles. The van der Waals surface area contributed by atoms with Gasteiger partial charge < -0.3 is 27.1 Å². The number of carbonyl (C=O) groups is 1. The van der Waals surface area contributed by atoms with Crippen LogP contribution in [0.2, 0.25) is 0 Å². The average molecular weight is 376 g/mol. The van der Waals surface area contributed by atoms with Crippen LogP contribution in [0.25, 0.3) is 0 Å². The standard InChI is InChI=1S/C16H24N8OS/c1-19-13(18)7-6-11(17)4-2-3-5-15-23-24-16(26-15)22-14(25)8-12-9-20-10-21-12/h6-7,9-10,19H,2-5,8,17-18H2,1H3,(H,20,21)(H,22,24,25)/b11-6-,13-7+. The van der Waals surface area contributed by atoms with Gasteiger partial charge in [-0.25, -0.2) is 4.98 Å². The van der Waals surface area contributed by atoms with E-state index in [-0.39, 0.29) is 12.3 Å². The summed E-state index contributed by atoms with van der Waals surface area (Å²) in [7, 11) is 1.76. The minimum absolute atomic E-state index is 0.161. The van der Waals surface area contributed by atoms with Gasteiger partial charge in [-0.05, 0) is 31.4 Å². The van der Waals surface area contributed by atoms with Gasteiger partial charge in [0.25, 0.3) is 0 Å². The number of unbranched alkanes of at least 4 members (excludes halogenated alkanes) is 1. The van der Waals surface area contributed by atoms with Crippen LogP contribution in [0.5, 0.6) is 0 Å². The maximum absolute atomic E-state index is 11.9. The number of amides is 1. The van der Waals surface area contributed by atoms with Gasteiger partial charge in [0.1, 0.15) is 5.01 Å². The predicted molar refractivity (Wildman–Crippen MR) is 102 cm³/mol. The van der Waals surface area contributed by atoms with E-state index >= 15 is 0 Å². The van der Waals surface area contributed by atoms with Crippen LogP contribution < -0.4 is 22.1 Å². The molecule has 0 bridgehead atoms. The number of hydrogen-bond acceptors (Lipinski definition) is 8. The summed E-state index contributed by atoms with van der Waals surface area (Å²) < 4.78 is 0. The number of aromatic amines is 1. The van der Waals surface area contributed by atoms with Crippen LogP contribution in [0.3, 0.4) is 0 Å². The van der Waals surface area contributed by atoms with Crippen molar-refractivity contribution < 1.29 is 4.79 Å². The van der Waals surface area contributed by atoms with Gasteiger partial charge in [0.15, 0.2) is 0 Å². The fraction of sp³-hybridized carbons (Fsp3) is 0.375. The molecule has 10 heteroatoms. The molecule has 0 saturated carbocycles. The zero-order valence-electron chi connectivity index (χ0n) is 14.7. The lowest BCUT2D eigenvalue weighted by Crippen LogP contribution is -2.14. The van der Waals surface area contributed by atoms with Gasteiger partial charge >= 0.3 is 0 Å². The molecule has 140 valence electrons. The number of aryl methyl sites for hydroxylation is 1. The third-order valence-electron chi connectivity index (χ3n) is 3.48. The summed E-state index contributed by atoms with van der Waals surface area (Å²) in [6.07, 6.45) is 10.5. The molecule has 0 fully saturated rings. The molecule has 2 rings (SSSR count). The Labute approximate surface area is 156 Å². The van der Waals surface area contributed by atoms with Crippen molar-refractivity contribution in [3.05, 3.63) is 46.9 Å². The highest BCUT2D eigenvalue weighted by molar-refractivity contribution is 7.15. The Balaban J connectivity index is 1.69. The normalized spacial score (nSPS) is 12.2. The molecule has 26 heavy (non-hydrogen) atoms. The van der Waals surface area contributed by atoms with Crippen molar-refractivity contribution in [1.82, 2.24) is 25.5 Å². The van der Waals surface area contributed by atoms with Gasteiger partial charge in [0, 0.05) is 25.4 Å². The quantitative estimate of drug-likeness (QED) is 0.307. The van der Waals surface area contributed by atoms with Crippen LogP contribution in [0.4, 0.5) is 5.13 Å². The topological polar surface area (TPSA) is 148 Å². The maximum Gasteiger partial charge on any atom is 0.232 e. The van der Waals surface area contributed by atoms with Gasteiger partial charge in [-0.15, -0.1) is 10.2 Å². The van der Waals surface area contributed by atoms with Crippen molar-refractivity contribution in [3.63, 3.8) is 0 Å². The Morgan fingerprint density at radius 3 is 2.88 bits per heavy atom. The highest BCUT2D eigenvalue weighted by atomic mass is 32.1. The van der Waals surface area contributed by atoms with E-state index in [1.54, 1.807) is 25.6 Å². The van der Waals surface area contributed by atoms with Crippen LogP contribution in [-0.2, 0) is 17.6 Å². The number of rotatable bonds is 10. The van der Waals surface area contributed by atoms with E-state index in [4.69, 9.17) is 11.5 Å². The molecule has 0 aliphatic carbocycles. The Bertz CT molecular complexity index is 750. The van der Waals surface area contributed by atoms with E-state index in [0.717, 1.165) is 36.4 Å². The minimum Gasteiger partial charge on any atom is -0.402 e. The number of carbonyl (C=O) groups excluding carboxylic acids is 1. The van der Waals surface area contributed by atoms with Crippen molar-refractivity contribution in [1.29, 1.82) is 0 Å². The summed E-state index contributed by atoms with van der Waals surface area (Å²) in [6.45, 7) is 0. The summed E-state index contributed by atoms with van der Waals surface area (Å²) in [4.78, 5) is 18.7. The minimum atomic E-state index is -0.161. The summed E-state index contributed by atoms with van der Waals surface area (Å²) in [5, 5.41) is 15.1. The number of imidazole rings is 1. The molecule has 9 nitrogen and oxygen atoms in total. The lowest BCUT2D eigenvalue weighted by atomic mass is 10.1. The van der Waals surface area contributed by atoms with Crippen molar-refractivity contribution in [2.75, 3.05) is 12.4 Å². The first-order chi connectivity index (χ1) is 12.6. The first kappa shape index (κ1) is 19.4. The van der Waals surface area contributed by atoms with E-state index in [1.165, 1.54) is 11.3 Å². The molecule has 1 amide bonds. The lowest BCUT2D eigenvalue weighted by molar-refractivity contribution is -0.115. The number of anilines is 1. The van der Waals surface area contributed by atoms with E-state index < -0.39 is 0 Å². The van der Waals surface area contributed by atoms with E-state index in [1.807, 2.05) is 6.08 Å². The molecule has 0 unspecified atom stereocenters. The Morgan fingerprint density at radius 1 is 1.31 bits per heavy atom. The van der Waals surface area contributed by atoms with Crippen molar-refractivity contribution in [2.24, 2.45) is 11.5 Å². The van der Waals surface area contributed by atoms with Crippen LogP contribution in [-0.4, -0.2) is 33.1 Å². The molecular weight excluding hydrogens is 352 g/mol. The fourth-order valence-corrected chi connectivity index (χ4v) is 2.89. The zero-order chi connectivity index (χ0) is 18.8. The predicted octanol–water partition coefficient (Wildman–Crippen LogP) is 1.02. The smallest absolute Gasteiger partial charge is 0.232 e. The van der Waals surface area contributed by atoms with Crippen LogP contribution in [0, 0.1) is 0 Å². The monoisotopic (exact) mass is 376 g/mol. The first-order valence-electron chi connectivity index (χ1n) is 8.26. The molecule has 2 aromatic heterocycles. The third-order valence-corrected chi connectivity index (χ3v) is 4.38. The van der Waals surface area contributed by atoms with Crippen LogP contribution in [0.1, 0.15) is 30.0 Å². The third kappa shape index (κ3) is 6.93. The van der Waals surface area contributed by atoms with Crippen LogP contribution >= 0.6 is 11.3 Å². The number of allylic oxidation sites excluding steroid dienone is 3. The van der Waals surface area contributed by atoms with E-state index in [2.05, 4.69) is 30.8 Å². The number of nitrogens with two attached hydrogens (primary N) is 2. The molecule has 7 N–H and O–H groups in total. The highest BCUT2D eigenvalue weighted by Crippen LogP contribution is 2.18. The van der Waals surface area contributed by atoms with Gasteiger partial charge in [-0.1, -0.05) is 11.3 Å². The molecule has 0 spiro atoms. The second-order valence-electron chi connectivity index (χ2n) is 5.61. The average Bonchev–Trinajstić information content (AvgIpc) is 3.28. The van der Waals surface area contributed by atoms with Crippen LogP contribution in [0.15, 0.2) is 36.2 Å². The molecule has 0 aliphatic rings. The SMILES string of the molecule is CN/C(N)=C/C=C(\N)CCCCc1nnc(NC(=O)Cc2c[nH]cn2)s1. The Hall–Kier alpha value is -2.88. The lowest BCUT2D eigenvalue weighted by Gasteiger charge is -2.01. The first-order valence-corrected chi connectivity index (χ1v) is 9.08. The van der Waals surface area contributed by atoms with E-state index in [0.29, 0.717) is 16.6 Å². The number of H-pyrrole nitrogens is 1. The number of aromatic nitrogens is 4. The largest absolute Gasteiger partial charge is 0.402 e. The molecular formula is C16H24N8OS. The fourth-order valence-electron chi connectivity index (χ4n) is 2.09. The van der Waals surface area contributed by atoms with Crippen molar-refractivity contribution >= 4 is 22.4 Å². The summed E-state index contributed by atoms with van der Waals surface area (Å²) in [5.41, 5.74) is 13.0. The maximum atomic E-state index is 11.9. The number of hydrogen-bond donors (Lipinski definition) is 5. The van der Waals surface area contributed by atoms with Crippen molar-refractivity contribution in [2.45, 2.75) is 32.1 Å².